The van der Waals surface area contributed by atoms with Crippen molar-refractivity contribution in [1.29, 1.82) is 0 Å². The van der Waals surface area contributed by atoms with Gasteiger partial charge in [-0.2, -0.15) is 0 Å². The Morgan fingerprint density at radius 3 is 2.87 bits per heavy atom. The zero-order chi connectivity index (χ0) is 10.7. The third-order valence-corrected chi connectivity index (χ3v) is 3.26. The SMILES string of the molecule is CN(Cc1cncn1C)C1CCNCC1. The van der Waals surface area contributed by atoms with E-state index in [-0.39, 0.29) is 0 Å². The second-order valence-corrected chi connectivity index (χ2v) is 4.39. The third kappa shape index (κ3) is 2.58. The molecule has 2 heterocycles. The van der Waals surface area contributed by atoms with Gasteiger partial charge >= 0.3 is 0 Å². The van der Waals surface area contributed by atoms with Gasteiger partial charge in [-0.25, -0.2) is 4.98 Å². The molecule has 0 bridgehead atoms. The van der Waals surface area contributed by atoms with E-state index < -0.39 is 0 Å². The molecule has 1 saturated heterocycles. The molecule has 0 spiro atoms. The van der Waals surface area contributed by atoms with Crippen molar-refractivity contribution in [2.24, 2.45) is 7.05 Å². The van der Waals surface area contributed by atoms with E-state index in [1.54, 1.807) is 0 Å². The van der Waals surface area contributed by atoms with Gasteiger partial charge < -0.3 is 9.88 Å². The Labute approximate surface area is 91.3 Å². The van der Waals surface area contributed by atoms with E-state index in [9.17, 15) is 0 Å². The van der Waals surface area contributed by atoms with E-state index in [2.05, 4.69) is 33.9 Å². The fraction of sp³-hybridized carbons (Fsp3) is 0.727. The smallest absolute Gasteiger partial charge is 0.0945 e. The van der Waals surface area contributed by atoms with Gasteiger partial charge in [0.05, 0.1) is 12.0 Å². The van der Waals surface area contributed by atoms with Crippen LogP contribution in [0.15, 0.2) is 12.5 Å². The van der Waals surface area contributed by atoms with Gasteiger partial charge in [-0.3, -0.25) is 4.90 Å². The highest BCUT2D eigenvalue weighted by Crippen LogP contribution is 2.12. The molecular formula is C11H20N4. The minimum atomic E-state index is 0.723. The molecule has 84 valence electrons. The van der Waals surface area contributed by atoms with Crippen LogP contribution in [-0.2, 0) is 13.6 Å². The number of nitrogens with zero attached hydrogens (tertiary/aromatic N) is 3. The van der Waals surface area contributed by atoms with Crippen molar-refractivity contribution in [3.05, 3.63) is 18.2 Å². The summed E-state index contributed by atoms with van der Waals surface area (Å²) >= 11 is 0. The molecule has 1 aliphatic rings. The highest BCUT2D eigenvalue weighted by Gasteiger charge is 2.18. The Kier molecular flexibility index (Phi) is 3.38. The second kappa shape index (κ2) is 4.77. The van der Waals surface area contributed by atoms with Gasteiger partial charge in [-0.05, 0) is 33.0 Å². The molecule has 0 atom stereocenters. The number of hydrogen-bond donors (Lipinski definition) is 1. The average Bonchev–Trinajstić information content (AvgIpc) is 2.66. The number of aromatic nitrogens is 2. The van der Waals surface area contributed by atoms with E-state index in [0.29, 0.717) is 0 Å². The summed E-state index contributed by atoms with van der Waals surface area (Å²) in [7, 11) is 4.27. The molecule has 15 heavy (non-hydrogen) atoms. The Hall–Kier alpha value is -0.870. The Morgan fingerprint density at radius 2 is 2.27 bits per heavy atom. The lowest BCUT2D eigenvalue weighted by Gasteiger charge is -2.31. The van der Waals surface area contributed by atoms with Crippen LogP contribution >= 0.6 is 0 Å². The largest absolute Gasteiger partial charge is 0.337 e. The third-order valence-electron chi connectivity index (χ3n) is 3.26. The molecule has 0 saturated carbocycles. The molecule has 1 aromatic rings. The molecule has 1 aromatic heterocycles. The van der Waals surface area contributed by atoms with Crippen LogP contribution in [0.4, 0.5) is 0 Å². The molecule has 0 radical (unpaired) electrons. The first-order valence-corrected chi connectivity index (χ1v) is 5.63. The predicted molar refractivity (Wildman–Crippen MR) is 60.6 cm³/mol. The maximum absolute atomic E-state index is 4.14. The highest BCUT2D eigenvalue weighted by molar-refractivity contribution is 4.97. The fourth-order valence-corrected chi connectivity index (χ4v) is 2.17. The van der Waals surface area contributed by atoms with Gasteiger partial charge in [-0.1, -0.05) is 0 Å². The van der Waals surface area contributed by atoms with Crippen LogP contribution in [-0.4, -0.2) is 40.6 Å². The van der Waals surface area contributed by atoms with E-state index in [1.807, 2.05) is 12.5 Å². The van der Waals surface area contributed by atoms with Crippen LogP contribution in [0.25, 0.3) is 0 Å². The number of rotatable bonds is 3. The first kappa shape index (κ1) is 10.6. The number of hydrogen-bond acceptors (Lipinski definition) is 3. The molecule has 1 aliphatic heterocycles. The summed E-state index contributed by atoms with van der Waals surface area (Å²) in [6, 6.07) is 0.723. The zero-order valence-corrected chi connectivity index (χ0v) is 9.61. The molecule has 1 fully saturated rings. The summed E-state index contributed by atoms with van der Waals surface area (Å²) in [5.74, 6) is 0. The van der Waals surface area contributed by atoms with Gasteiger partial charge in [0.25, 0.3) is 0 Å². The van der Waals surface area contributed by atoms with Crippen molar-refractivity contribution in [3.63, 3.8) is 0 Å². The van der Waals surface area contributed by atoms with Crippen LogP contribution in [0.5, 0.6) is 0 Å². The Balaban J connectivity index is 1.91. The molecule has 4 heteroatoms. The standard InChI is InChI=1S/C11H20N4/c1-14(10-3-5-12-6-4-10)8-11-7-13-9-15(11)2/h7,9-10,12H,3-6,8H2,1-2H3. The lowest BCUT2D eigenvalue weighted by atomic mass is 10.1. The minimum Gasteiger partial charge on any atom is -0.337 e. The van der Waals surface area contributed by atoms with Gasteiger partial charge in [0, 0.05) is 25.8 Å². The number of imidazole rings is 1. The molecule has 0 unspecified atom stereocenters. The number of piperidine rings is 1. The van der Waals surface area contributed by atoms with Gasteiger partial charge in [-0.15, -0.1) is 0 Å². The van der Waals surface area contributed by atoms with Crippen LogP contribution in [0.1, 0.15) is 18.5 Å². The van der Waals surface area contributed by atoms with Crippen molar-refractivity contribution >= 4 is 0 Å². The highest BCUT2D eigenvalue weighted by atomic mass is 15.2. The topological polar surface area (TPSA) is 33.1 Å². The van der Waals surface area contributed by atoms with Crippen LogP contribution in [0.2, 0.25) is 0 Å². The molecule has 2 rings (SSSR count). The van der Waals surface area contributed by atoms with Crippen LogP contribution in [0, 0.1) is 0 Å². The van der Waals surface area contributed by atoms with Crippen molar-refractivity contribution in [2.75, 3.05) is 20.1 Å². The molecule has 4 nitrogen and oxygen atoms in total. The summed E-state index contributed by atoms with van der Waals surface area (Å²) in [5, 5.41) is 3.40. The summed E-state index contributed by atoms with van der Waals surface area (Å²) in [5.41, 5.74) is 1.29. The fourth-order valence-electron chi connectivity index (χ4n) is 2.17. The van der Waals surface area contributed by atoms with Crippen LogP contribution < -0.4 is 5.32 Å². The Bertz CT molecular complexity index is 301. The molecule has 0 amide bonds. The molecule has 1 N–H and O–H groups in total. The van der Waals surface area contributed by atoms with Crippen molar-refractivity contribution in [2.45, 2.75) is 25.4 Å². The molecular weight excluding hydrogens is 188 g/mol. The summed E-state index contributed by atoms with van der Waals surface area (Å²) in [4.78, 5) is 6.59. The Morgan fingerprint density at radius 1 is 1.53 bits per heavy atom. The summed E-state index contributed by atoms with van der Waals surface area (Å²) in [6.07, 6.45) is 6.34. The van der Waals surface area contributed by atoms with Gasteiger partial charge in [0.1, 0.15) is 0 Å². The van der Waals surface area contributed by atoms with Crippen molar-refractivity contribution in [1.82, 2.24) is 19.8 Å². The maximum atomic E-state index is 4.14. The van der Waals surface area contributed by atoms with Gasteiger partial charge in [0.15, 0.2) is 0 Å². The lowest BCUT2D eigenvalue weighted by molar-refractivity contribution is 0.188. The zero-order valence-electron chi connectivity index (χ0n) is 9.61. The average molecular weight is 208 g/mol. The minimum absolute atomic E-state index is 0.723. The number of nitrogens with one attached hydrogen (secondary N) is 1. The van der Waals surface area contributed by atoms with Gasteiger partial charge in [0.2, 0.25) is 0 Å². The predicted octanol–water partition coefficient (Wildman–Crippen LogP) is 0.604. The van der Waals surface area contributed by atoms with Crippen molar-refractivity contribution < 1.29 is 0 Å². The van der Waals surface area contributed by atoms with E-state index in [4.69, 9.17) is 0 Å². The first-order chi connectivity index (χ1) is 7.27. The quantitative estimate of drug-likeness (QED) is 0.790. The summed E-state index contributed by atoms with van der Waals surface area (Å²) < 4.78 is 2.09. The second-order valence-electron chi connectivity index (χ2n) is 4.39. The maximum Gasteiger partial charge on any atom is 0.0945 e. The normalized spacial score (nSPS) is 18.6. The van der Waals surface area contributed by atoms with E-state index in [1.165, 1.54) is 18.5 Å². The summed E-state index contributed by atoms with van der Waals surface area (Å²) in [6.45, 7) is 3.31. The van der Waals surface area contributed by atoms with E-state index in [0.717, 1.165) is 25.7 Å². The molecule has 0 aromatic carbocycles. The monoisotopic (exact) mass is 208 g/mol. The first-order valence-electron chi connectivity index (χ1n) is 5.63. The van der Waals surface area contributed by atoms with Crippen LogP contribution in [0.3, 0.4) is 0 Å². The van der Waals surface area contributed by atoms with E-state index >= 15 is 0 Å². The van der Waals surface area contributed by atoms with Crippen molar-refractivity contribution in [3.8, 4) is 0 Å². The molecule has 0 aliphatic carbocycles. The number of aryl methyl sites for hydroxylation is 1. The lowest BCUT2D eigenvalue weighted by Crippen LogP contribution is -2.40.